The third-order valence-corrected chi connectivity index (χ3v) is 1.00. The Morgan fingerprint density at radius 2 is 2.70 bits per heavy atom. The Bertz CT molecular complexity index is 195. The maximum absolute atomic E-state index is 9.87. The Hall–Kier alpha value is -1.36. The maximum Gasteiger partial charge on any atom is 0.327 e. The number of hydrogen-bond donors (Lipinski definition) is 2. The summed E-state index contributed by atoms with van der Waals surface area (Å²) >= 11 is 0. The number of aromatic nitrogens is 2. The van der Waals surface area contributed by atoms with Gasteiger partial charge < -0.3 is 4.98 Å². The van der Waals surface area contributed by atoms with E-state index in [2.05, 4.69) is 9.97 Å². The standard InChI is InChI=1S/C5H7N4O/c6-9(4-10)2-5-1-7-3-8-5/h1,3H,2,6H2,(H,7,8). The van der Waals surface area contributed by atoms with Gasteiger partial charge in [-0.05, 0) is 0 Å². The van der Waals surface area contributed by atoms with Gasteiger partial charge in [0.05, 0.1) is 18.6 Å². The van der Waals surface area contributed by atoms with Gasteiger partial charge in [-0.1, -0.05) is 0 Å². The summed E-state index contributed by atoms with van der Waals surface area (Å²) < 4.78 is 0. The van der Waals surface area contributed by atoms with E-state index < -0.39 is 0 Å². The van der Waals surface area contributed by atoms with Crippen LogP contribution in [0.1, 0.15) is 5.69 Å². The van der Waals surface area contributed by atoms with Gasteiger partial charge in [0.2, 0.25) is 0 Å². The number of aromatic amines is 1. The molecule has 0 spiro atoms. The highest BCUT2D eigenvalue weighted by molar-refractivity contribution is 5.46. The van der Waals surface area contributed by atoms with Crippen LogP contribution < -0.4 is 5.84 Å². The predicted octanol–water partition coefficient (Wildman–Crippen LogP) is -0.847. The summed E-state index contributed by atoms with van der Waals surface area (Å²) in [4.78, 5) is 16.5. The molecule has 1 rings (SSSR count). The van der Waals surface area contributed by atoms with Gasteiger partial charge in [-0.2, -0.15) is 0 Å². The zero-order chi connectivity index (χ0) is 7.40. The van der Waals surface area contributed by atoms with Crippen molar-refractivity contribution in [2.45, 2.75) is 6.54 Å². The van der Waals surface area contributed by atoms with Crippen molar-refractivity contribution >= 4 is 6.41 Å². The third-order valence-electron chi connectivity index (χ3n) is 1.00. The lowest BCUT2D eigenvalue weighted by molar-refractivity contribution is 0.384. The fourth-order valence-electron chi connectivity index (χ4n) is 0.584. The number of nitrogens with two attached hydrogens (primary N) is 1. The third kappa shape index (κ3) is 1.56. The van der Waals surface area contributed by atoms with Crippen LogP contribution in [0.5, 0.6) is 0 Å². The molecule has 10 heavy (non-hydrogen) atoms. The van der Waals surface area contributed by atoms with E-state index in [-0.39, 0.29) is 6.54 Å². The van der Waals surface area contributed by atoms with Gasteiger partial charge in [-0.3, -0.25) is 9.80 Å². The Kier molecular flexibility index (Phi) is 2.01. The number of hydrazine groups is 1. The van der Waals surface area contributed by atoms with Crippen molar-refractivity contribution in [1.82, 2.24) is 15.0 Å². The Morgan fingerprint density at radius 3 is 3.20 bits per heavy atom. The first kappa shape index (κ1) is 6.76. The largest absolute Gasteiger partial charge is 0.351 e. The summed E-state index contributed by atoms with van der Waals surface area (Å²) in [5.41, 5.74) is 0.714. The second-order valence-electron chi connectivity index (χ2n) is 1.78. The lowest BCUT2D eigenvalue weighted by Gasteiger charge is -2.04. The fourth-order valence-corrected chi connectivity index (χ4v) is 0.584. The van der Waals surface area contributed by atoms with Crippen molar-refractivity contribution in [2.75, 3.05) is 0 Å². The molecule has 0 unspecified atom stereocenters. The number of carbonyl (C=O) groups excluding carboxylic acids is 1. The summed E-state index contributed by atoms with van der Waals surface area (Å²) in [6.45, 7) is 0.285. The molecular weight excluding hydrogens is 132 g/mol. The quantitative estimate of drug-likeness (QED) is 0.248. The molecule has 0 aliphatic rings. The van der Waals surface area contributed by atoms with E-state index in [4.69, 9.17) is 5.84 Å². The van der Waals surface area contributed by atoms with Gasteiger partial charge in [0, 0.05) is 6.20 Å². The van der Waals surface area contributed by atoms with E-state index in [1.807, 2.05) is 0 Å². The zero-order valence-electron chi connectivity index (χ0n) is 5.24. The molecular formula is C5H7N4O. The second-order valence-corrected chi connectivity index (χ2v) is 1.78. The van der Waals surface area contributed by atoms with Crippen molar-refractivity contribution in [1.29, 1.82) is 0 Å². The van der Waals surface area contributed by atoms with E-state index in [1.165, 1.54) is 12.7 Å². The number of nitrogens with one attached hydrogen (secondary N) is 1. The SMILES string of the molecule is NN([C]=O)Cc1c[nH]cn1. The van der Waals surface area contributed by atoms with E-state index in [9.17, 15) is 4.79 Å². The van der Waals surface area contributed by atoms with Gasteiger partial charge in [0.1, 0.15) is 0 Å². The van der Waals surface area contributed by atoms with Crippen molar-refractivity contribution in [3.05, 3.63) is 18.2 Å². The van der Waals surface area contributed by atoms with Crippen LogP contribution in [0.2, 0.25) is 0 Å². The van der Waals surface area contributed by atoms with Crippen LogP contribution in [0.15, 0.2) is 12.5 Å². The number of imidazole rings is 1. The number of hydrogen-bond acceptors (Lipinski definition) is 3. The van der Waals surface area contributed by atoms with Crippen molar-refractivity contribution < 1.29 is 4.79 Å². The molecule has 0 bridgehead atoms. The molecule has 5 nitrogen and oxygen atoms in total. The summed E-state index contributed by atoms with van der Waals surface area (Å²) in [5.74, 6) is 5.12. The number of H-pyrrole nitrogens is 1. The zero-order valence-corrected chi connectivity index (χ0v) is 5.24. The maximum atomic E-state index is 9.87. The van der Waals surface area contributed by atoms with Crippen LogP contribution in [-0.2, 0) is 11.3 Å². The molecule has 0 atom stereocenters. The van der Waals surface area contributed by atoms with Gasteiger partial charge in [-0.25, -0.2) is 10.8 Å². The lowest BCUT2D eigenvalue weighted by atomic mass is 10.5. The average Bonchev–Trinajstić information content (AvgIpc) is 2.40. The Labute approximate surface area is 57.8 Å². The normalized spacial score (nSPS) is 9.30. The van der Waals surface area contributed by atoms with Gasteiger partial charge in [0.15, 0.2) is 0 Å². The van der Waals surface area contributed by atoms with Gasteiger partial charge in [0.25, 0.3) is 0 Å². The second kappa shape index (κ2) is 2.98. The topological polar surface area (TPSA) is 75.0 Å². The molecule has 1 aromatic heterocycles. The minimum absolute atomic E-state index is 0.285. The summed E-state index contributed by atoms with van der Waals surface area (Å²) in [7, 11) is 0. The Balaban J connectivity index is 2.47. The van der Waals surface area contributed by atoms with Gasteiger partial charge in [-0.15, -0.1) is 0 Å². The van der Waals surface area contributed by atoms with Crippen LogP contribution in [0, 0.1) is 0 Å². The van der Waals surface area contributed by atoms with E-state index in [0.717, 1.165) is 5.01 Å². The smallest absolute Gasteiger partial charge is 0.327 e. The van der Waals surface area contributed by atoms with Crippen LogP contribution in [-0.4, -0.2) is 21.4 Å². The van der Waals surface area contributed by atoms with Crippen LogP contribution in [0.4, 0.5) is 0 Å². The first-order chi connectivity index (χ1) is 4.83. The molecule has 0 saturated carbocycles. The minimum Gasteiger partial charge on any atom is -0.351 e. The molecule has 0 aromatic carbocycles. The predicted molar refractivity (Wildman–Crippen MR) is 34.0 cm³/mol. The molecule has 0 aliphatic heterocycles. The molecule has 1 radical (unpaired) electrons. The molecule has 0 saturated heterocycles. The minimum atomic E-state index is 0.285. The van der Waals surface area contributed by atoms with Crippen molar-refractivity contribution in [3.8, 4) is 0 Å². The lowest BCUT2D eigenvalue weighted by Crippen LogP contribution is -2.28. The molecule has 0 aliphatic carbocycles. The molecule has 1 amide bonds. The van der Waals surface area contributed by atoms with Crippen LogP contribution in [0.25, 0.3) is 0 Å². The monoisotopic (exact) mass is 139 g/mol. The molecule has 5 heteroatoms. The highest BCUT2D eigenvalue weighted by Gasteiger charge is 1.98. The van der Waals surface area contributed by atoms with E-state index >= 15 is 0 Å². The summed E-state index contributed by atoms with van der Waals surface area (Å²) in [6, 6.07) is 0. The van der Waals surface area contributed by atoms with E-state index in [0.29, 0.717) is 5.69 Å². The number of nitrogens with zero attached hydrogens (tertiary/aromatic N) is 2. The summed E-state index contributed by atoms with van der Waals surface area (Å²) in [6.07, 6.45) is 4.70. The average molecular weight is 139 g/mol. The van der Waals surface area contributed by atoms with E-state index in [1.54, 1.807) is 6.20 Å². The van der Waals surface area contributed by atoms with Crippen molar-refractivity contribution in [2.24, 2.45) is 5.84 Å². The molecule has 0 fully saturated rings. The highest BCUT2D eigenvalue weighted by Crippen LogP contribution is 1.91. The molecule has 3 N–H and O–H groups in total. The van der Waals surface area contributed by atoms with Gasteiger partial charge >= 0.3 is 6.41 Å². The number of rotatable bonds is 3. The molecule has 1 aromatic rings. The fraction of sp³-hybridized carbons (Fsp3) is 0.200. The van der Waals surface area contributed by atoms with Crippen molar-refractivity contribution in [3.63, 3.8) is 0 Å². The van der Waals surface area contributed by atoms with Crippen LogP contribution in [0.3, 0.4) is 0 Å². The summed E-state index contributed by atoms with van der Waals surface area (Å²) in [5, 5.41) is 0.899. The Morgan fingerprint density at radius 1 is 1.90 bits per heavy atom. The first-order valence-electron chi connectivity index (χ1n) is 2.70. The first-order valence-corrected chi connectivity index (χ1v) is 2.70. The molecule has 1 heterocycles. The number of amides is 1. The highest BCUT2D eigenvalue weighted by atomic mass is 16.1. The van der Waals surface area contributed by atoms with Crippen LogP contribution >= 0.6 is 0 Å². The molecule has 53 valence electrons.